The lowest BCUT2D eigenvalue weighted by atomic mass is 10.0. The van der Waals surface area contributed by atoms with E-state index < -0.39 is 36.4 Å². The first-order valence-corrected chi connectivity index (χ1v) is 4.24. The van der Waals surface area contributed by atoms with Gasteiger partial charge in [-0.3, -0.25) is 0 Å². The first-order chi connectivity index (χ1) is 7.36. The quantitative estimate of drug-likeness (QED) is 0.367. The molecule has 0 aliphatic heterocycles. The van der Waals surface area contributed by atoms with Crippen molar-refractivity contribution in [1.82, 2.24) is 0 Å². The van der Waals surface area contributed by atoms with Crippen molar-refractivity contribution < 1.29 is 39.5 Å². The Morgan fingerprint density at radius 2 is 1.06 bits per heavy atom. The molecule has 0 aromatic heterocycles. The van der Waals surface area contributed by atoms with E-state index in [1.807, 2.05) is 0 Å². The van der Waals surface area contributed by atoms with Gasteiger partial charge in [0, 0.05) is 0 Å². The number of hydrogen-bond donors (Lipinski definition) is 4. The number of carbonyl (C=O) groups is 2. The van der Waals surface area contributed by atoms with E-state index in [1.165, 1.54) is 0 Å². The van der Waals surface area contributed by atoms with Crippen LogP contribution in [0.1, 0.15) is 0 Å². The van der Waals surface area contributed by atoms with Crippen molar-refractivity contribution in [3.63, 3.8) is 0 Å². The zero-order valence-corrected chi connectivity index (χ0v) is 8.73. The van der Waals surface area contributed by atoms with Gasteiger partial charge in [0.15, 0.2) is 12.2 Å². The summed E-state index contributed by atoms with van der Waals surface area (Å²) < 4.78 is 8.18. The van der Waals surface area contributed by atoms with Gasteiger partial charge in [0.1, 0.15) is 12.2 Å². The van der Waals surface area contributed by atoms with Crippen LogP contribution in [-0.2, 0) is 19.1 Å². The van der Waals surface area contributed by atoms with Crippen LogP contribution in [0.15, 0.2) is 0 Å². The predicted molar refractivity (Wildman–Crippen MR) is 48.1 cm³/mol. The molecule has 4 unspecified atom stereocenters. The molecular weight excluding hydrogens is 224 g/mol. The summed E-state index contributed by atoms with van der Waals surface area (Å²) in [6.07, 6.45) is -8.28. The molecule has 0 saturated carbocycles. The van der Waals surface area contributed by atoms with Crippen LogP contribution in [0.2, 0.25) is 0 Å². The first kappa shape index (κ1) is 14.8. The van der Waals surface area contributed by atoms with Gasteiger partial charge >= 0.3 is 11.9 Å². The summed E-state index contributed by atoms with van der Waals surface area (Å²) in [5, 5.41) is 36.7. The fourth-order valence-corrected chi connectivity index (χ4v) is 0.894. The topological polar surface area (TPSA) is 134 Å². The minimum Gasteiger partial charge on any atom is -0.467 e. The highest BCUT2D eigenvalue weighted by atomic mass is 16.5. The molecule has 0 bridgehead atoms. The number of carbonyl (C=O) groups excluding carboxylic acids is 2. The summed E-state index contributed by atoms with van der Waals surface area (Å²) in [5.74, 6) is -2.41. The van der Waals surface area contributed by atoms with Crippen molar-refractivity contribution in [3.05, 3.63) is 0 Å². The molecule has 4 atom stereocenters. The maximum absolute atomic E-state index is 10.8. The van der Waals surface area contributed by atoms with E-state index in [4.69, 9.17) is 10.2 Å². The number of esters is 2. The molecule has 0 aliphatic carbocycles. The van der Waals surface area contributed by atoms with Crippen LogP contribution in [0.25, 0.3) is 0 Å². The standard InChI is InChI=1S/C8H14O8/c1-15-7(13)5(11)3(9)4(10)6(12)8(14)16-2/h3-6,9-12H,1-2H3. The molecule has 0 radical (unpaired) electrons. The normalized spacial score (nSPS) is 18.1. The molecule has 0 spiro atoms. The Morgan fingerprint density at radius 3 is 1.25 bits per heavy atom. The van der Waals surface area contributed by atoms with E-state index in [0.29, 0.717) is 0 Å². The molecule has 0 aromatic rings. The minimum absolute atomic E-state index is 0.960. The van der Waals surface area contributed by atoms with Crippen molar-refractivity contribution in [3.8, 4) is 0 Å². The molecule has 0 aromatic carbocycles. The van der Waals surface area contributed by atoms with Gasteiger partial charge in [-0.15, -0.1) is 0 Å². The summed E-state index contributed by atoms with van der Waals surface area (Å²) in [4.78, 5) is 21.6. The molecule has 16 heavy (non-hydrogen) atoms. The molecule has 0 amide bonds. The predicted octanol–water partition coefficient (Wildman–Crippen LogP) is -3.22. The lowest BCUT2D eigenvalue weighted by Crippen LogP contribution is -2.50. The molecule has 94 valence electrons. The van der Waals surface area contributed by atoms with Crippen molar-refractivity contribution in [2.24, 2.45) is 0 Å². The lowest BCUT2D eigenvalue weighted by Gasteiger charge is -2.23. The van der Waals surface area contributed by atoms with E-state index >= 15 is 0 Å². The van der Waals surface area contributed by atoms with E-state index in [0.717, 1.165) is 14.2 Å². The van der Waals surface area contributed by atoms with Crippen LogP contribution in [0.3, 0.4) is 0 Å². The second-order valence-corrected chi connectivity index (χ2v) is 2.92. The third-order valence-corrected chi connectivity index (χ3v) is 1.88. The third kappa shape index (κ3) is 3.42. The molecule has 8 nitrogen and oxygen atoms in total. The Hall–Kier alpha value is -1.22. The van der Waals surface area contributed by atoms with E-state index in [2.05, 4.69) is 9.47 Å². The second kappa shape index (κ2) is 6.38. The highest BCUT2D eigenvalue weighted by Gasteiger charge is 2.38. The monoisotopic (exact) mass is 238 g/mol. The van der Waals surface area contributed by atoms with Crippen molar-refractivity contribution in [2.75, 3.05) is 14.2 Å². The molecule has 0 aliphatic rings. The van der Waals surface area contributed by atoms with Crippen LogP contribution < -0.4 is 0 Å². The zero-order chi connectivity index (χ0) is 12.9. The molecule has 0 heterocycles. The molecule has 0 saturated heterocycles. The van der Waals surface area contributed by atoms with Gasteiger partial charge in [-0.2, -0.15) is 0 Å². The molecule has 4 N–H and O–H groups in total. The van der Waals surface area contributed by atoms with Crippen molar-refractivity contribution in [1.29, 1.82) is 0 Å². The average Bonchev–Trinajstić information content (AvgIpc) is 2.32. The highest BCUT2D eigenvalue weighted by Crippen LogP contribution is 2.07. The summed E-state index contributed by atoms with van der Waals surface area (Å²) in [6, 6.07) is 0. The molecular formula is C8H14O8. The van der Waals surface area contributed by atoms with Gasteiger partial charge in [-0.05, 0) is 0 Å². The highest BCUT2D eigenvalue weighted by molar-refractivity contribution is 5.77. The number of methoxy groups -OCH3 is 2. The van der Waals surface area contributed by atoms with Crippen LogP contribution in [0.5, 0.6) is 0 Å². The van der Waals surface area contributed by atoms with Crippen LogP contribution in [-0.4, -0.2) is 71.0 Å². The van der Waals surface area contributed by atoms with Gasteiger partial charge in [-0.1, -0.05) is 0 Å². The van der Waals surface area contributed by atoms with Gasteiger partial charge < -0.3 is 29.9 Å². The Bertz CT molecular complexity index is 226. The fraction of sp³-hybridized carbons (Fsp3) is 0.750. The van der Waals surface area contributed by atoms with Crippen molar-refractivity contribution >= 4 is 11.9 Å². The number of aliphatic hydroxyl groups excluding tert-OH is 4. The van der Waals surface area contributed by atoms with Gasteiger partial charge in [0.2, 0.25) is 0 Å². The summed E-state index contributed by atoms with van der Waals surface area (Å²) in [6.45, 7) is 0. The van der Waals surface area contributed by atoms with E-state index in [9.17, 15) is 19.8 Å². The summed E-state index contributed by atoms with van der Waals surface area (Å²) >= 11 is 0. The Kier molecular flexibility index (Phi) is 5.89. The summed E-state index contributed by atoms with van der Waals surface area (Å²) in [7, 11) is 1.92. The van der Waals surface area contributed by atoms with Gasteiger partial charge in [0.25, 0.3) is 0 Å². The van der Waals surface area contributed by atoms with E-state index in [1.54, 1.807) is 0 Å². The van der Waals surface area contributed by atoms with Crippen LogP contribution >= 0.6 is 0 Å². The number of rotatable bonds is 5. The maximum atomic E-state index is 10.8. The van der Waals surface area contributed by atoms with E-state index in [-0.39, 0.29) is 0 Å². The Balaban J connectivity index is 4.54. The lowest BCUT2D eigenvalue weighted by molar-refractivity contribution is -0.176. The average molecular weight is 238 g/mol. The Labute approximate surface area is 91.0 Å². The number of hydrogen-bond acceptors (Lipinski definition) is 8. The zero-order valence-electron chi connectivity index (χ0n) is 8.73. The molecule has 8 heteroatoms. The molecule has 0 rings (SSSR count). The third-order valence-electron chi connectivity index (χ3n) is 1.88. The number of ether oxygens (including phenoxy) is 2. The molecule has 0 fully saturated rings. The second-order valence-electron chi connectivity index (χ2n) is 2.92. The summed E-state index contributed by atoms with van der Waals surface area (Å²) in [5.41, 5.74) is 0. The largest absolute Gasteiger partial charge is 0.467 e. The minimum atomic E-state index is -2.07. The Morgan fingerprint density at radius 1 is 0.812 bits per heavy atom. The van der Waals surface area contributed by atoms with Gasteiger partial charge in [0.05, 0.1) is 14.2 Å². The smallest absolute Gasteiger partial charge is 0.337 e. The van der Waals surface area contributed by atoms with Crippen molar-refractivity contribution in [2.45, 2.75) is 24.4 Å². The number of aliphatic hydroxyl groups is 4. The van der Waals surface area contributed by atoms with Gasteiger partial charge in [-0.25, -0.2) is 9.59 Å². The van der Waals surface area contributed by atoms with Crippen LogP contribution in [0.4, 0.5) is 0 Å². The SMILES string of the molecule is COC(=O)C(O)C(O)C(O)C(O)C(=O)OC. The fourth-order valence-electron chi connectivity index (χ4n) is 0.894. The van der Waals surface area contributed by atoms with Crippen LogP contribution in [0, 0.1) is 0 Å². The first-order valence-electron chi connectivity index (χ1n) is 4.24. The maximum Gasteiger partial charge on any atom is 0.337 e.